The van der Waals surface area contributed by atoms with Crippen molar-refractivity contribution in [3.05, 3.63) is 65.5 Å². The van der Waals surface area contributed by atoms with Gasteiger partial charge in [-0.25, -0.2) is 0 Å². The van der Waals surface area contributed by atoms with E-state index in [0.29, 0.717) is 25.1 Å². The second-order valence-electron chi connectivity index (χ2n) is 5.65. The van der Waals surface area contributed by atoms with Gasteiger partial charge >= 0.3 is 0 Å². The van der Waals surface area contributed by atoms with Crippen LogP contribution in [-0.2, 0) is 17.9 Å². The number of likely N-dealkylation sites (tertiary alicyclic amines) is 1. The molecule has 0 bridgehead atoms. The van der Waals surface area contributed by atoms with Crippen LogP contribution in [0.2, 0.25) is 0 Å². The highest BCUT2D eigenvalue weighted by atomic mass is 16.2. The number of amides is 2. The summed E-state index contributed by atoms with van der Waals surface area (Å²) in [7, 11) is 0. The highest BCUT2D eigenvalue weighted by molar-refractivity contribution is 5.94. The number of benzene rings is 1. The lowest BCUT2D eigenvalue weighted by Crippen LogP contribution is -2.24. The summed E-state index contributed by atoms with van der Waals surface area (Å²) in [5, 5.41) is 2.88. The molecule has 118 valence electrons. The van der Waals surface area contributed by atoms with Crippen molar-refractivity contribution >= 4 is 11.8 Å². The van der Waals surface area contributed by atoms with Gasteiger partial charge in [0.05, 0.1) is 0 Å². The van der Waals surface area contributed by atoms with E-state index in [-0.39, 0.29) is 11.8 Å². The minimum absolute atomic E-state index is 0.106. The number of nitrogens with zero attached hydrogens (tertiary/aromatic N) is 2. The van der Waals surface area contributed by atoms with E-state index in [1.54, 1.807) is 24.5 Å². The van der Waals surface area contributed by atoms with Crippen molar-refractivity contribution < 1.29 is 9.59 Å². The Bertz CT molecular complexity index is 683. The molecule has 2 heterocycles. The van der Waals surface area contributed by atoms with Gasteiger partial charge in [0, 0.05) is 44.0 Å². The van der Waals surface area contributed by atoms with Crippen LogP contribution >= 0.6 is 0 Å². The first-order valence-electron chi connectivity index (χ1n) is 7.76. The Morgan fingerprint density at radius 2 is 1.83 bits per heavy atom. The molecule has 0 radical (unpaired) electrons. The first-order chi connectivity index (χ1) is 11.2. The minimum atomic E-state index is -0.106. The van der Waals surface area contributed by atoms with Crippen LogP contribution in [0.25, 0.3) is 0 Å². The molecule has 1 aliphatic rings. The molecule has 0 spiro atoms. The fourth-order valence-corrected chi connectivity index (χ4v) is 2.64. The average molecular weight is 309 g/mol. The van der Waals surface area contributed by atoms with Crippen molar-refractivity contribution in [3.8, 4) is 0 Å². The van der Waals surface area contributed by atoms with Crippen molar-refractivity contribution in [1.29, 1.82) is 0 Å². The van der Waals surface area contributed by atoms with Crippen molar-refractivity contribution in [2.45, 2.75) is 25.9 Å². The number of carbonyl (C=O) groups excluding carboxylic acids is 2. The topological polar surface area (TPSA) is 62.3 Å². The molecule has 0 saturated carbocycles. The molecule has 0 unspecified atom stereocenters. The molecule has 1 N–H and O–H groups in total. The highest BCUT2D eigenvalue weighted by Gasteiger charge is 2.19. The van der Waals surface area contributed by atoms with Crippen LogP contribution in [0.5, 0.6) is 0 Å². The lowest BCUT2D eigenvalue weighted by Gasteiger charge is -2.15. The van der Waals surface area contributed by atoms with Crippen LogP contribution in [0.3, 0.4) is 0 Å². The van der Waals surface area contributed by atoms with Crippen LogP contribution in [-0.4, -0.2) is 28.2 Å². The molecule has 1 aliphatic heterocycles. The van der Waals surface area contributed by atoms with Crippen molar-refractivity contribution in [2.24, 2.45) is 0 Å². The van der Waals surface area contributed by atoms with E-state index in [0.717, 1.165) is 24.1 Å². The third-order valence-electron chi connectivity index (χ3n) is 3.96. The molecular formula is C18H19N3O2. The number of carbonyl (C=O) groups is 2. The van der Waals surface area contributed by atoms with Gasteiger partial charge in [0.25, 0.3) is 5.91 Å². The van der Waals surface area contributed by atoms with Gasteiger partial charge in [0.15, 0.2) is 0 Å². The highest BCUT2D eigenvalue weighted by Crippen LogP contribution is 2.14. The zero-order valence-corrected chi connectivity index (χ0v) is 12.9. The zero-order valence-electron chi connectivity index (χ0n) is 12.9. The van der Waals surface area contributed by atoms with Gasteiger partial charge in [-0.05, 0) is 41.8 Å². The Balaban J connectivity index is 1.56. The fraction of sp³-hybridized carbons (Fsp3) is 0.278. The Morgan fingerprint density at radius 1 is 1.09 bits per heavy atom. The summed E-state index contributed by atoms with van der Waals surface area (Å²) in [6.07, 6.45) is 5.00. The number of rotatable bonds is 5. The Labute approximate surface area is 135 Å². The Kier molecular flexibility index (Phi) is 4.66. The summed E-state index contributed by atoms with van der Waals surface area (Å²) in [6, 6.07) is 11.2. The van der Waals surface area contributed by atoms with Crippen molar-refractivity contribution in [1.82, 2.24) is 15.2 Å². The number of aromatic nitrogens is 1. The second-order valence-corrected chi connectivity index (χ2v) is 5.65. The van der Waals surface area contributed by atoms with Crippen LogP contribution in [0, 0.1) is 0 Å². The normalized spacial score (nSPS) is 14.1. The molecule has 1 aromatic heterocycles. The lowest BCUT2D eigenvalue weighted by atomic mass is 10.1. The van der Waals surface area contributed by atoms with Gasteiger partial charge < -0.3 is 10.2 Å². The monoisotopic (exact) mass is 309 g/mol. The number of pyridine rings is 1. The predicted molar refractivity (Wildman–Crippen MR) is 86.5 cm³/mol. The largest absolute Gasteiger partial charge is 0.348 e. The zero-order chi connectivity index (χ0) is 16.1. The standard InChI is InChI=1S/C18H19N3O2/c22-17-2-1-11-21(17)13-15-3-5-16(6-4-15)18(23)20-12-14-7-9-19-10-8-14/h3-10H,1-2,11-13H2,(H,20,23). The maximum absolute atomic E-state index is 12.1. The number of nitrogens with one attached hydrogen (secondary N) is 1. The van der Waals surface area contributed by atoms with E-state index in [1.165, 1.54) is 0 Å². The van der Waals surface area contributed by atoms with Gasteiger partial charge in [-0.1, -0.05) is 12.1 Å². The molecule has 2 aromatic rings. The van der Waals surface area contributed by atoms with E-state index in [4.69, 9.17) is 0 Å². The molecule has 0 atom stereocenters. The number of hydrogen-bond acceptors (Lipinski definition) is 3. The third kappa shape index (κ3) is 3.94. The molecule has 3 rings (SSSR count). The Hall–Kier alpha value is -2.69. The molecule has 0 aliphatic carbocycles. The summed E-state index contributed by atoms with van der Waals surface area (Å²) in [4.78, 5) is 29.6. The van der Waals surface area contributed by atoms with Gasteiger partial charge in [-0.15, -0.1) is 0 Å². The second kappa shape index (κ2) is 7.05. The molecule has 1 aromatic carbocycles. The van der Waals surface area contributed by atoms with E-state index in [2.05, 4.69) is 10.3 Å². The van der Waals surface area contributed by atoms with Gasteiger partial charge in [0.1, 0.15) is 0 Å². The van der Waals surface area contributed by atoms with E-state index in [9.17, 15) is 9.59 Å². The number of hydrogen-bond donors (Lipinski definition) is 1. The summed E-state index contributed by atoms with van der Waals surface area (Å²) in [5.74, 6) is 0.106. The first kappa shape index (κ1) is 15.2. The SMILES string of the molecule is O=C(NCc1ccncc1)c1ccc(CN2CCCC2=O)cc1. The molecular weight excluding hydrogens is 290 g/mol. The molecule has 5 nitrogen and oxygen atoms in total. The fourth-order valence-electron chi connectivity index (χ4n) is 2.64. The molecule has 23 heavy (non-hydrogen) atoms. The molecule has 2 amide bonds. The van der Waals surface area contributed by atoms with E-state index in [1.807, 2.05) is 29.2 Å². The quantitative estimate of drug-likeness (QED) is 0.920. The smallest absolute Gasteiger partial charge is 0.251 e. The first-order valence-corrected chi connectivity index (χ1v) is 7.76. The third-order valence-corrected chi connectivity index (χ3v) is 3.96. The van der Waals surface area contributed by atoms with Gasteiger partial charge in [-0.2, -0.15) is 0 Å². The van der Waals surface area contributed by atoms with Crippen molar-refractivity contribution in [3.63, 3.8) is 0 Å². The van der Waals surface area contributed by atoms with E-state index < -0.39 is 0 Å². The lowest BCUT2D eigenvalue weighted by molar-refractivity contribution is -0.128. The molecule has 5 heteroatoms. The van der Waals surface area contributed by atoms with Crippen molar-refractivity contribution in [2.75, 3.05) is 6.54 Å². The summed E-state index contributed by atoms with van der Waals surface area (Å²) >= 11 is 0. The predicted octanol–water partition coefficient (Wildman–Crippen LogP) is 2.13. The van der Waals surface area contributed by atoms with Gasteiger partial charge in [0.2, 0.25) is 5.91 Å². The molecule has 1 saturated heterocycles. The summed E-state index contributed by atoms with van der Waals surface area (Å²) in [6.45, 7) is 1.93. The Morgan fingerprint density at radius 3 is 2.48 bits per heavy atom. The van der Waals surface area contributed by atoms with Crippen LogP contribution < -0.4 is 5.32 Å². The minimum Gasteiger partial charge on any atom is -0.348 e. The van der Waals surface area contributed by atoms with Crippen LogP contribution in [0.4, 0.5) is 0 Å². The summed E-state index contributed by atoms with van der Waals surface area (Å²) < 4.78 is 0. The van der Waals surface area contributed by atoms with Crippen LogP contribution in [0.1, 0.15) is 34.3 Å². The maximum atomic E-state index is 12.1. The van der Waals surface area contributed by atoms with Gasteiger partial charge in [-0.3, -0.25) is 14.6 Å². The van der Waals surface area contributed by atoms with Crippen LogP contribution in [0.15, 0.2) is 48.8 Å². The maximum Gasteiger partial charge on any atom is 0.251 e. The average Bonchev–Trinajstić information content (AvgIpc) is 2.99. The summed E-state index contributed by atoms with van der Waals surface area (Å²) in [5.41, 5.74) is 2.68. The molecule has 1 fully saturated rings. The van der Waals surface area contributed by atoms with E-state index >= 15 is 0 Å².